The van der Waals surface area contributed by atoms with E-state index in [-0.39, 0.29) is 24.2 Å². The monoisotopic (exact) mass is 603 g/mol. The fourth-order valence-corrected chi connectivity index (χ4v) is 4.83. The van der Waals surface area contributed by atoms with Crippen molar-refractivity contribution in [3.05, 3.63) is 65.2 Å². The van der Waals surface area contributed by atoms with Crippen molar-refractivity contribution >= 4 is 31.8 Å². The second-order valence-electron chi connectivity index (χ2n) is 11.5. The highest BCUT2D eigenvalue weighted by molar-refractivity contribution is 7.88. The van der Waals surface area contributed by atoms with Crippen LogP contribution in [0.2, 0.25) is 6.04 Å². The minimum Gasteiger partial charge on any atom is -0.457 e. The van der Waals surface area contributed by atoms with Gasteiger partial charge in [-0.05, 0) is 40.6 Å². The van der Waals surface area contributed by atoms with Gasteiger partial charge in [0, 0.05) is 5.56 Å². The molecule has 8 nitrogen and oxygen atoms in total. The highest BCUT2D eigenvalue weighted by atomic mass is 32.2. The van der Waals surface area contributed by atoms with E-state index in [2.05, 4.69) is 30.3 Å². The van der Waals surface area contributed by atoms with Crippen LogP contribution in [-0.2, 0) is 25.9 Å². The van der Waals surface area contributed by atoms with E-state index in [4.69, 9.17) is 9.16 Å². The predicted octanol–water partition coefficient (Wildman–Crippen LogP) is 4.98. The zero-order valence-corrected chi connectivity index (χ0v) is 25.7. The minimum absolute atomic E-state index is 0.107. The molecule has 1 N–H and O–H groups in total. The van der Waals surface area contributed by atoms with Crippen LogP contribution < -0.4 is 9.50 Å². The third kappa shape index (κ3) is 10.2. The van der Waals surface area contributed by atoms with Crippen molar-refractivity contribution in [2.75, 3.05) is 6.61 Å². The third-order valence-electron chi connectivity index (χ3n) is 5.79. The Morgan fingerprint density at radius 1 is 0.975 bits per heavy atom. The number of halogens is 3. The lowest BCUT2D eigenvalue weighted by molar-refractivity contribution is -0.0500. The molecule has 0 saturated heterocycles. The molecule has 0 spiro atoms. The molecule has 2 aromatic rings. The summed E-state index contributed by atoms with van der Waals surface area (Å²) in [6.07, 6.45) is 0. The molecular formula is C27H36F3NO7SSi. The smallest absolute Gasteiger partial charge is 0.457 e. The molecule has 0 aliphatic carbocycles. The van der Waals surface area contributed by atoms with E-state index in [0.717, 1.165) is 24.2 Å². The van der Waals surface area contributed by atoms with Crippen LogP contribution in [0.25, 0.3) is 0 Å². The first kappa shape index (κ1) is 33.3. The second kappa shape index (κ2) is 13.2. The Kier molecular flexibility index (Phi) is 11.0. The van der Waals surface area contributed by atoms with Crippen molar-refractivity contribution < 1.29 is 44.5 Å². The number of ether oxygens (including phenoxy) is 1. The molecule has 0 heterocycles. The van der Waals surface area contributed by atoms with Gasteiger partial charge in [-0.15, -0.1) is 0 Å². The van der Waals surface area contributed by atoms with Gasteiger partial charge in [-0.2, -0.15) is 21.6 Å². The Balaban J connectivity index is 2.32. The number of benzene rings is 2. The number of carbonyl (C=O) groups is 2. The molecule has 2 rings (SSSR count). The van der Waals surface area contributed by atoms with Crippen molar-refractivity contribution in [3.63, 3.8) is 0 Å². The van der Waals surface area contributed by atoms with Gasteiger partial charge >= 0.3 is 21.6 Å². The normalized spacial score (nSPS) is 13.7. The van der Waals surface area contributed by atoms with Gasteiger partial charge in [-0.25, -0.2) is 4.79 Å². The quantitative estimate of drug-likeness (QED) is 0.127. The van der Waals surface area contributed by atoms with E-state index in [1.165, 1.54) is 0 Å². The highest BCUT2D eigenvalue weighted by Gasteiger charge is 2.49. The molecule has 40 heavy (non-hydrogen) atoms. The number of carbonyl (C=O) groups excluding carboxylic acids is 2. The highest BCUT2D eigenvalue weighted by Crippen LogP contribution is 2.30. The van der Waals surface area contributed by atoms with Crippen molar-refractivity contribution in [3.8, 4) is 5.75 Å². The van der Waals surface area contributed by atoms with Crippen LogP contribution in [0.15, 0.2) is 48.5 Å². The van der Waals surface area contributed by atoms with Gasteiger partial charge in [0.05, 0.1) is 12.6 Å². The van der Waals surface area contributed by atoms with Crippen LogP contribution in [0.3, 0.4) is 0 Å². The van der Waals surface area contributed by atoms with Gasteiger partial charge in [0.1, 0.15) is 12.2 Å². The average Bonchev–Trinajstić information content (AvgIpc) is 2.83. The molecule has 0 fully saturated rings. The van der Waals surface area contributed by atoms with Crippen LogP contribution in [0.1, 0.15) is 67.8 Å². The number of hydrogen-bond donors (Lipinski definition) is 1. The predicted molar refractivity (Wildman–Crippen MR) is 147 cm³/mol. The maximum absolute atomic E-state index is 13.2. The Bertz CT molecular complexity index is 1270. The number of nitrogens with one attached hydrogen (secondary N) is 1. The minimum atomic E-state index is -6.09. The Hall–Kier alpha value is -2.90. The molecule has 0 saturated carbocycles. The molecule has 2 aromatic carbocycles. The van der Waals surface area contributed by atoms with Crippen LogP contribution in [0, 0.1) is 10.8 Å². The van der Waals surface area contributed by atoms with Crippen molar-refractivity contribution in [2.24, 2.45) is 10.8 Å². The van der Waals surface area contributed by atoms with Gasteiger partial charge in [-0.1, -0.05) is 71.9 Å². The van der Waals surface area contributed by atoms with E-state index in [1.807, 2.05) is 20.8 Å². The molecule has 0 aromatic heterocycles. The topological polar surface area (TPSA) is 108 Å². The Morgan fingerprint density at radius 2 is 1.60 bits per heavy atom. The third-order valence-corrected chi connectivity index (χ3v) is 8.98. The van der Waals surface area contributed by atoms with Crippen LogP contribution in [-0.4, -0.2) is 48.2 Å². The van der Waals surface area contributed by atoms with Crippen molar-refractivity contribution in [1.29, 1.82) is 0 Å². The van der Waals surface area contributed by atoms with E-state index in [0.29, 0.717) is 5.56 Å². The Labute approximate surface area is 235 Å². The maximum Gasteiger partial charge on any atom is 0.534 e. The zero-order valence-electron chi connectivity index (χ0n) is 23.4. The van der Waals surface area contributed by atoms with Crippen LogP contribution in [0.4, 0.5) is 13.2 Å². The summed E-state index contributed by atoms with van der Waals surface area (Å²) in [5.74, 6) is -2.73. The van der Waals surface area contributed by atoms with E-state index < -0.39 is 60.0 Å². The average molecular weight is 604 g/mol. The molecule has 0 unspecified atom stereocenters. The lowest BCUT2D eigenvalue weighted by Crippen LogP contribution is -2.47. The summed E-state index contributed by atoms with van der Waals surface area (Å²) in [5.41, 5.74) is -6.19. The number of amides is 1. The molecule has 0 radical (unpaired) electrons. The number of rotatable bonds is 11. The van der Waals surface area contributed by atoms with Crippen LogP contribution in [0.5, 0.6) is 5.75 Å². The molecule has 13 heteroatoms. The second-order valence-corrected chi connectivity index (χ2v) is 14.4. The van der Waals surface area contributed by atoms with Gasteiger partial charge in [0.25, 0.3) is 5.91 Å². The standard InChI is InChI=1S/C27H36F3NO7SSi/c1-25(2,3)17-40-37-16-22(26(4,5)6)31-23(32)19-12-13-21(38-39(34,35)27(28,29)30)20(14-19)24(33)36-15-18-10-8-7-9-11-18/h7-14,22H,15-17,40H2,1-6H3,(H,31,32)/t22-/m0/s1. The SMILES string of the molecule is CC(C)(C)C[SiH2]OC[C@H](NC(=O)c1ccc(OS(=O)(=O)C(F)(F)F)c(C(=O)OCc2ccccc2)c1)C(C)(C)C. The fourth-order valence-electron chi connectivity index (χ4n) is 3.20. The summed E-state index contributed by atoms with van der Waals surface area (Å²) in [6.45, 7) is 12.1. The fraction of sp³-hybridized carbons (Fsp3) is 0.481. The first-order valence-electron chi connectivity index (χ1n) is 12.5. The van der Waals surface area contributed by atoms with Gasteiger partial charge in [0.15, 0.2) is 15.5 Å². The van der Waals surface area contributed by atoms with Crippen LogP contribution >= 0.6 is 0 Å². The lowest BCUT2D eigenvalue weighted by Gasteiger charge is -2.32. The first-order valence-corrected chi connectivity index (χ1v) is 15.5. The summed E-state index contributed by atoms with van der Waals surface area (Å²) < 4.78 is 77.6. The lowest BCUT2D eigenvalue weighted by atomic mass is 9.87. The largest absolute Gasteiger partial charge is 0.534 e. The molecule has 0 aliphatic heterocycles. The summed E-state index contributed by atoms with van der Waals surface area (Å²) in [7, 11) is -6.94. The molecule has 1 atom stereocenters. The Morgan fingerprint density at radius 3 is 2.15 bits per heavy atom. The van der Waals surface area contributed by atoms with E-state index in [1.54, 1.807) is 30.3 Å². The van der Waals surface area contributed by atoms with Gasteiger partial charge in [0.2, 0.25) is 0 Å². The molecule has 222 valence electrons. The zero-order chi connectivity index (χ0) is 30.4. The van der Waals surface area contributed by atoms with Gasteiger partial charge < -0.3 is 18.7 Å². The van der Waals surface area contributed by atoms with Gasteiger partial charge in [-0.3, -0.25) is 4.79 Å². The number of esters is 1. The summed E-state index contributed by atoms with van der Waals surface area (Å²) in [6, 6.07) is 11.8. The number of hydrogen-bond acceptors (Lipinski definition) is 7. The van der Waals surface area contributed by atoms with Crippen molar-refractivity contribution in [1.82, 2.24) is 5.32 Å². The maximum atomic E-state index is 13.2. The molecule has 0 aliphatic rings. The number of alkyl halides is 3. The molecular weight excluding hydrogens is 567 g/mol. The van der Waals surface area contributed by atoms with Crippen molar-refractivity contribution in [2.45, 2.75) is 65.7 Å². The van der Waals surface area contributed by atoms with E-state index in [9.17, 15) is 31.2 Å². The summed E-state index contributed by atoms with van der Waals surface area (Å²) in [5, 5.41) is 2.85. The molecule has 0 bridgehead atoms. The summed E-state index contributed by atoms with van der Waals surface area (Å²) in [4.78, 5) is 26.0. The van der Waals surface area contributed by atoms with E-state index >= 15 is 0 Å². The summed E-state index contributed by atoms with van der Waals surface area (Å²) >= 11 is 0. The first-order chi connectivity index (χ1) is 18.3. The molecule has 1 amide bonds.